The lowest BCUT2D eigenvalue weighted by atomic mass is 9.79. The highest BCUT2D eigenvalue weighted by Crippen LogP contribution is 2.38. The molecule has 0 amide bonds. The van der Waals surface area contributed by atoms with Crippen LogP contribution in [0.3, 0.4) is 0 Å². The van der Waals surface area contributed by atoms with Crippen LogP contribution in [-0.4, -0.2) is 45.3 Å². The quantitative estimate of drug-likeness (QED) is 0.849. The maximum Gasteiger partial charge on any atom is 0.326 e. The number of aromatic nitrogens is 2. The van der Waals surface area contributed by atoms with Crippen LogP contribution in [-0.2, 0) is 4.74 Å². The Morgan fingerprint density at radius 2 is 1.82 bits per heavy atom. The summed E-state index contributed by atoms with van der Waals surface area (Å²) in [4.78, 5) is 18.3. The zero-order valence-corrected chi connectivity index (χ0v) is 17.8. The van der Waals surface area contributed by atoms with E-state index < -0.39 is 0 Å². The Labute approximate surface area is 168 Å². The molecule has 2 heterocycles. The first-order chi connectivity index (χ1) is 13.4. The Balaban J connectivity index is 1.42. The number of hydrogen-bond acceptors (Lipinski definition) is 3. The van der Waals surface area contributed by atoms with Crippen molar-refractivity contribution in [3.8, 4) is 0 Å². The van der Waals surface area contributed by atoms with Crippen molar-refractivity contribution in [1.82, 2.24) is 14.5 Å². The molecular formula is C23H35N3O2. The number of fused-ring (bicyclic) bond motifs is 1. The van der Waals surface area contributed by atoms with E-state index in [0.29, 0.717) is 18.2 Å². The van der Waals surface area contributed by atoms with Crippen molar-refractivity contribution in [2.75, 3.05) is 13.1 Å². The fourth-order valence-electron chi connectivity index (χ4n) is 5.31. The number of ether oxygens (including phenoxy) is 1. The zero-order valence-electron chi connectivity index (χ0n) is 17.8. The molecule has 0 spiro atoms. The summed E-state index contributed by atoms with van der Waals surface area (Å²) in [6.45, 7) is 10.9. The summed E-state index contributed by atoms with van der Waals surface area (Å²) in [5.74, 6) is 0. The first-order valence-corrected chi connectivity index (χ1v) is 11.0. The molecule has 1 aliphatic heterocycles. The van der Waals surface area contributed by atoms with Crippen LogP contribution in [0.25, 0.3) is 11.0 Å². The third kappa shape index (κ3) is 3.79. The summed E-state index contributed by atoms with van der Waals surface area (Å²) in [7, 11) is 0. The van der Waals surface area contributed by atoms with Gasteiger partial charge in [-0.25, -0.2) is 4.79 Å². The predicted molar refractivity (Wildman–Crippen MR) is 114 cm³/mol. The van der Waals surface area contributed by atoms with Crippen molar-refractivity contribution in [3.05, 3.63) is 34.2 Å². The molecule has 1 N–H and O–H groups in total. The maximum atomic E-state index is 12.6. The van der Waals surface area contributed by atoms with Crippen LogP contribution >= 0.6 is 0 Å². The van der Waals surface area contributed by atoms with E-state index >= 15 is 0 Å². The van der Waals surface area contributed by atoms with Gasteiger partial charge in [0.15, 0.2) is 0 Å². The fraction of sp³-hybridized carbons (Fsp3) is 0.696. The summed E-state index contributed by atoms with van der Waals surface area (Å²) in [5, 5.41) is 0. The average Bonchev–Trinajstić information content (AvgIpc) is 2.98. The van der Waals surface area contributed by atoms with E-state index in [1.807, 2.05) is 10.6 Å². The Morgan fingerprint density at radius 1 is 1.14 bits per heavy atom. The van der Waals surface area contributed by atoms with E-state index in [4.69, 9.17) is 4.74 Å². The third-order valence-electron chi connectivity index (χ3n) is 6.94. The van der Waals surface area contributed by atoms with Gasteiger partial charge in [-0.1, -0.05) is 6.07 Å². The molecular weight excluding hydrogens is 350 g/mol. The number of aromatic amines is 1. The van der Waals surface area contributed by atoms with Crippen molar-refractivity contribution < 1.29 is 4.74 Å². The van der Waals surface area contributed by atoms with Gasteiger partial charge in [-0.05, 0) is 83.9 Å². The van der Waals surface area contributed by atoms with Crippen LogP contribution in [0.5, 0.6) is 0 Å². The van der Waals surface area contributed by atoms with Crippen molar-refractivity contribution in [2.24, 2.45) is 0 Å². The van der Waals surface area contributed by atoms with Gasteiger partial charge in [-0.15, -0.1) is 0 Å². The van der Waals surface area contributed by atoms with Crippen LogP contribution in [0.15, 0.2) is 23.0 Å². The molecule has 1 aromatic heterocycles. The smallest absolute Gasteiger partial charge is 0.326 e. The SMILES string of the molecule is Cc1ccc2[nH]c(=O)n(C3CCN(C4(C)CCC(OC(C)C)CC4)CC3)c2c1. The number of H-pyrrole nitrogens is 1. The minimum absolute atomic E-state index is 0.0385. The van der Waals surface area contributed by atoms with E-state index in [2.05, 4.69) is 49.7 Å². The van der Waals surface area contributed by atoms with Crippen LogP contribution in [0.4, 0.5) is 0 Å². The number of rotatable bonds is 4. The van der Waals surface area contributed by atoms with Crippen molar-refractivity contribution in [2.45, 2.75) is 90.0 Å². The van der Waals surface area contributed by atoms with Gasteiger partial charge in [-0.3, -0.25) is 9.47 Å². The number of nitrogens with one attached hydrogen (secondary N) is 1. The third-order valence-corrected chi connectivity index (χ3v) is 6.94. The molecule has 2 fully saturated rings. The highest BCUT2D eigenvalue weighted by molar-refractivity contribution is 5.76. The fourth-order valence-corrected chi connectivity index (χ4v) is 5.31. The van der Waals surface area contributed by atoms with Gasteiger partial charge in [0.1, 0.15) is 0 Å². The first kappa shape index (κ1) is 19.7. The second-order valence-corrected chi connectivity index (χ2v) is 9.42. The van der Waals surface area contributed by atoms with Gasteiger partial charge in [0, 0.05) is 24.7 Å². The summed E-state index contributed by atoms with van der Waals surface area (Å²) < 4.78 is 8.05. The lowest BCUT2D eigenvalue weighted by Gasteiger charge is -2.48. The second-order valence-electron chi connectivity index (χ2n) is 9.42. The number of nitrogens with zero attached hydrogens (tertiary/aromatic N) is 2. The number of aryl methyl sites for hydroxylation is 1. The molecule has 4 rings (SSSR count). The van der Waals surface area contributed by atoms with Crippen molar-refractivity contribution in [1.29, 1.82) is 0 Å². The van der Waals surface area contributed by atoms with Crippen LogP contribution in [0, 0.1) is 6.92 Å². The summed E-state index contributed by atoms with van der Waals surface area (Å²) in [6.07, 6.45) is 7.58. The number of likely N-dealkylation sites (tertiary alicyclic amines) is 1. The molecule has 0 unspecified atom stereocenters. The van der Waals surface area contributed by atoms with Crippen molar-refractivity contribution in [3.63, 3.8) is 0 Å². The molecule has 2 aliphatic rings. The molecule has 1 saturated heterocycles. The van der Waals surface area contributed by atoms with Crippen molar-refractivity contribution >= 4 is 11.0 Å². The molecule has 2 aromatic rings. The molecule has 5 heteroatoms. The molecule has 0 bridgehead atoms. The Kier molecular flexibility index (Phi) is 5.41. The molecule has 1 aromatic carbocycles. The summed E-state index contributed by atoms with van der Waals surface area (Å²) in [6, 6.07) is 6.52. The second kappa shape index (κ2) is 7.68. The highest BCUT2D eigenvalue weighted by atomic mass is 16.5. The summed E-state index contributed by atoms with van der Waals surface area (Å²) in [5.41, 5.74) is 3.53. The van der Waals surface area contributed by atoms with E-state index in [1.165, 1.54) is 18.4 Å². The van der Waals surface area contributed by atoms with Gasteiger partial charge >= 0.3 is 5.69 Å². The normalized spacial score (nSPS) is 27.7. The molecule has 5 nitrogen and oxygen atoms in total. The number of benzene rings is 1. The topological polar surface area (TPSA) is 50.3 Å². The average molecular weight is 386 g/mol. The van der Waals surface area contributed by atoms with Crippen LogP contribution < -0.4 is 5.69 Å². The van der Waals surface area contributed by atoms with Gasteiger partial charge in [0.2, 0.25) is 0 Å². The van der Waals surface area contributed by atoms with E-state index in [-0.39, 0.29) is 11.2 Å². The molecule has 0 radical (unpaired) electrons. The van der Waals surface area contributed by atoms with Gasteiger partial charge < -0.3 is 9.72 Å². The lowest BCUT2D eigenvalue weighted by molar-refractivity contribution is -0.0520. The molecule has 28 heavy (non-hydrogen) atoms. The minimum atomic E-state index is 0.0385. The highest BCUT2D eigenvalue weighted by Gasteiger charge is 2.38. The van der Waals surface area contributed by atoms with Gasteiger partial charge in [-0.2, -0.15) is 0 Å². The van der Waals surface area contributed by atoms with Crippen LogP contribution in [0.1, 0.15) is 70.9 Å². The largest absolute Gasteiger partial charge is 0.376 e. The number of imidazole rings is 1. The molecule has 0 atom stereocenters. The van der Waals surface area contributed by atoms with E-state index in [0.717, 1.165) is 49.8 Å². The number of piperidine rings is 1. The van der Waals surface area contributed by atoms with Gasteiger partial charge in [0.05, 0.1) is 23.2 Å². The Bertz CT molecular complexity index is 866. The summed E-state index contributed by atoms with van der Waals surface area (Å²) >= 11 is 0. The van der Waals surface area contributed by atoms with E-state index in [1.54, 1.807) is 0 Å². The van der Waals surface area contributed by atoms with E-state index in [9.17, 15) is 4.79 Å². The Hall–Kier alpha value is -1.59. The first-order valence-electron chi connectivity index (χ1n) is 11.0. The van der Waals surface area contributed by atoms with Gasteiger partial charge in [0.25, 0.3) is 0 Å². The maximum absolute atomic E-state index is 12.6. The molecule has 154 valence electrons. The standard InChI is InChI=1S/C23H35N3O2/c1-16(2)28-19-7-11-23(4,12-8-19)25-13-9-18(10-14-25)26-21-15-17(3)5-6-20(21)24-22(26)27/h5-6,15-16,18-19H,7-14H2,1-4H3,(H,24,27). The Morgan fingerprint density at radius 3 is 2.46 bits per heavy atom. The molecule has 1 saturated carbocycles. The zero-order chi connectivity index (χ0) is 19.9. The predicted octanol–water partition coefficient (Wildman–Crippen LogP) is 4.40. The minimum Gasteiger partial charge on any atom is -0.376 e. The van der Waals surface area contributed by atoms with Crippen LogP contribution in [0.2, 0.25) is 0 Å². The monoisotopic (exact) mass is 385 g/mol. The molecule has 1 aliphatic carbocycles. The number of hydrogen-bond donors (Lipinski definition) is 1. The lowest BCUT2D eigenvalue weighted by Crippen LogP contribution is -2.53.